The van der Waals surface area contributed by atoms with E-state index in [1.165, 1.54) is 19.3 Å². The van der Waals surface area contributed by atoms with Gasteiger partial charge in [-0.15, -0.1) is 0 Å². The van der Waals surface area contributed by atoms with Crippen LogP contribution in [-0.4, -0.2) is 0 Å². The van der Waals surface area contributed by atoms with Crippen molar-refractivity contribution in [2.45, 2.75) is 39.0 Å². The van der Waals surface area contributed by atoms with Crippen LogP contribution in [0.2, 0.25) is 0 Å². The van der Waals surface area contributed by atoms with E-state index in [-0.39, 0.29) is 0 Å². The second-order valence-electron chi connectivity index (χ2n) is 1.95. The van der Waals surface area contributed by atoms with Crippen LogP contribution in [0, 0.1) is 6.15 Å². The summed E-state index contributed by atoms with van der Waals surface area (Å²) >= 11 is 0. The molecule has 0 radical (unpaired) electrons. The number of unbranched alkanes of at least 4 members (excludes halogenated alkanes) is 4. The van der Waals surface area contributed by atoms with Crippen molar-refractivity contribution in [1.29, 1.82) is 0 Å². The topological polar surface area (TPSA) is 19.9 Å². The van der Waals surface area contributed by atoms with E-state index in [0.717, 1.165) is 6.42 Å². The van der Waals surface area contributed by atoms with Gasteiger partial charge in [0.2, 0.25) is 0 Å². The van der Waals surface area contributed by atoms with Gasteiger partial charge >= 0.3 is 49.8 Å². The molecule has 0 unspecified atom stereocenters. The molecule has 0 atom stereocenters. The molecular weight excluding hydrogens is 100 g/mol. The first kappa shape index (κ1) is 7.74. The normalized spacial score (nSPS) is 8.50. The van der Waals surface area contributed by atoms with E-state index in [1.807, 2.05) is 6.15 Å². The number of rotatable bonds is 4. The number of hydrogen-bond donors (Lipinski definition) is 0. The van der Waals surface area contributed by atoms with Crippen LogP contribution >= 0.6 is 0 Å². The Labute approximate surface area is 50.8 Å². The molecule has 0 aliphatic rings. The van der Waals surface area contributed by atoms with Gasteiger partial charge in [-0.2, -0.15) is 0 Å². The van der Waals surface area contributed by atoms with E-state index >= 15 is 0 Å². The fourth-order valence-electron chi connectivity index (χ4n) is 0.624. The Bertz CT molecular complexity index is 70.9. The van der Waals surface area contributed by atoms with Gasteiger partial charge in [0.1, 0.15) is 0 Å². The van der Waals surface area contributed by atoms with Crippen molar-refractivity contribution in [3.8, 4) is 6.15 Å². The summed E-state index contributed by atoms with van der Waals surface area (Å²) < 4.78 is 9.64. The zero-order valence-electron chi connectivity index (χ0n) is 5.44. The van der Waals surface area contributed by atoms with Crippen molar-refractivity contribution in [3.63, 3.8) is 0 Å². The quantitative estimate of drug-likeness (QED) is 0.394. The minimum atomic E-state index is 0.625. The van der Waals surface area contributed by atoms with Crippen LogP contribution in [0.1, 0.15) is 39.0 Å². The molecule has 0 amide bonds. The molecule has 0 aromatic carbocycles. The van der Waals surface area contributed by atoms with Gasteiger partial charge in [-0.05, 0) is 0 Å². The third kappa shape index (κ3) is 5.74. The minimum absolute atomic E-state index is 0.625. The fourth-order valence-corrected chi connectivity index (χ4v) is 0.624. The molecule has 8 heavy (non-hydrogen) atoms. The summed E-state index contributed by atoms with van der Waals surface area (Å²) in [6, 6.07) is 0. The van der Waals surface area contributed by atoms with Crippen LogP contribution in [0.25, 0.3) is 0 Å². The second kappa shape index (κ2) is 6.74. The Morgan fingerprint density at radius 3 is 2.50 bits per heavy atom. The van der Waals surface area contributed by atoms with Crippen molar-refractivity contribution in [3.05, 3.63) is 0 Å². The van der Waals surface area contributed by atoms with E-state index in [2.05, 4.69) is 6.92 Å². The molecule has 0 N–H and O–H groups in total. The SMILES string of the molecule is CCCCCCC#[O+]. The summed E-state index contributed by atoms with van der Waals surface area (Å²) in [4.78, 5) is 0. The molecule has 0 rings (SSSR count). The van der Waals surface area contributed by atoms with Gasteiger partial charge in [0, 0.05) is 0 Å². The summed E-state index contributed by atoms with van der Waals surface area (Å²) in [5.41, 5.74) is 0. The van der Waals surface area contributed by atoms with Crippen LogP contribution in [-0.2, 0) is 4.65 Å². The van der Waals surface area contributed by atoms with E-state index in [0.29, 0.717) is 6.42 Å². The Hall–Kier alpha value is -0.260. The molecule has 0 spiro atoms. The van der Waals surface area contributed by atoms with E-state index < -0.39 is 0 Å². The Morgan fingerprint density at radius 1 is 1.25 bits per heavy atom. The predicted molar refractivity (Wildman–Crippen MR) is 33.3 cm³/mol. The van der Waals surface area contributed by atoms with E-state index in [4.69, 9.17) is 0 Å². The summed E-state index contributed by atoms with van der Waals surface area (Å²) in [6.45, 7) is 2.16. The van der Waals surface area contributed by atoms with E-state index in [9.17, 15) is 4.65 Å². The standard InChI is InChI=1S/C7H13O/c1-2-3-4-5-6-7-8/h2-6H2,1H3/q+1. The third-order valence-corrected chi connectivity index (χ3v) is 1.13. The maximum absolute atomic E-state index is 9.64. The zero-order chi connectivity index (χ0) is 6.24. The molecule has 0 fully saturated rings. The molecule has 0 aliphatic carbocycles. The van der Waals surface area contributed by atoms with Gasteiger partial charge in [-0.1, -0.05) is 0 Å². The Morgan fingerprint density at radius 2 is 2.00 bits per heavy atom. The summed E-state index contributed by atoms with van der Waals surface area (Å²) in [7, 11) is 0. The van der Waals surface area contributed by atoms with Gasteiger partial charge in [0.25, 0.3) is 0 Å². The van der Waals surface area contributed by atoms with Crippen molar-refractivity contribution in [1.82, 2.24) is 0 Å². The first-order chi connectivity index (χ1) is 3.91. The molecule has 0 saturated carbocycles. The molecule has 1 nitrogen and oxygen atoms in total. The van der Waals surface area contributed by atoms with Gasteiger partial charge in [-0.3, -0.25) is 0 Å². The fraction of sp³-hybridized carbons (Fsp3) is 0.857. The molecular formula is C7H13O+. The van der Waals surface area contributed by atoms with Crippen molar-refractivity contribution in [2.24, 2.45) is 0 Å². The first-order valence-corrected chi connectivity index (χ1v) is 3.26. The third-order valence-electron chi connectivity index (χ3n) is 1.13. The molecule has 0 aromatic rings. The molecule has 0 bridgehead atoms. The molecule has 1 heteroatoms. The van der Waals surface area contributed by atoms with Gasteiger partial charge in [-0.25, -0.2) is 0 Å². The predicted octanol–water partition coefficient (Wildman–Crippen LogP) is 2.35. The Balaban J connectivity index is 2.65. The maximum atomic E-state index is 9.64. The summed E-state index contributed by atoms with van der Waals surface area (Å²) in [5, 5.41) is 0. The molecule has 0 aromatic heterocycles. The van der Waals surface area contributed by atoms with Gasteiger partial charge in [0.05, 0.1) is 0 Å². The Kier molecular flexibility index (Phi) is 6.52. The van der Waals surface area contributed by atoms with Crippen molar-refractivity contribution in [2.75, 3.05) is 0 Å². The van der Waals surface area contributed by atoms with Crippen LogP contribution in [0.15, 0.2) is 0 Å². The van der Waals surface area contributed by atoms with Gasteiger partial charge < -0.3 is 0 Å². The summed E-state index contributed by atoms with van der Waals surface area (Å²) in [6.07, 6.45) is 7.20. The van der Waals surface area contributed by atoms with Crippen molar-refractivity contribution < 1.29 is 4.65 Å². The average molecular weight is 113 g/mol. The summed E-state index contributed by atoms with van der Waals surface area (Å²) in [5.74, 6) is 0. The van der Waals surface area contributed by atoms with Crippen LogP contribution in [0.5, 0.6) is 0 Å². The molecule has 0 aliphatic heterocycles. The van der Waals surface area contributed by atoms with Gasteiger partial charge in [0.15, 0.2) is 0 Å². The average Bonchev–Trinajstić information content (AvgIpc) is 1.81. The monoisotopic (exact) mass is 113 g/mol. The molecule has 0 saturated heterocycles. The first-order valence-electron chi connectivity index (χ1n) is 3.26. The molecule has 0 heterocycles. The molecule has 46 valence electrons. The van der Waals surface area contributed by atoms with Crippen LogP contribution in [0.3, 0.4) is 0 Å². The van der Waals surface area contributed by atoms with Crippen LogP contribution < -0.4 is 0 Å². The zero-order valence-corrected chi connectivity index (χ0v) is 5.44. The van der Waals surface area contributed by atoms with Crippen molar-refractivity contribution >= 4 is 0 Å². The van der Waals surface area contributed by atoms with E-state index in [1.54, 1.807) is 0 Å². The van der Waals surface area contributed by atoms with Crippen LogP contribution in [0.4, 0.5) is 0 Å². The second-order valence-corrected chi connectivity index (χ2v) is 1.95. The number of hydrogen-bond acceptors (Lipinski definition) is 0.